The van der Waals surface area contributed by atoms with Crippen molar-refractivity contribution in [2.45, 2.75) is 122 Å². The van der Waals surface area contributed by atoms with Gasteiger partial charge in [0, 0.05) is 6.42 Å². The first kappa shape index (κ1) is 30.6. The van der Waals surface area contributed by atoms with Crippen LogP contribution in [0.4, 0.5) is 0 Å². The molecule has 0 aromatic carbocycles. The molecule has 29 heavy (non-hydrogen) atoms. The second-order valence-corrected chi connectivity index (χ2v) is 7.76. The van der Waals surface area contributed by atoms with Crippen molar-refractivity contribution in [3.63, 3.8) is 0 Å². The van der Waals surface area contributed by atoms with Crippen molar-refractivity contribution in [3.8, 4) is 0 Å². The summed E-state index contributed by atoms with van der Waals surface area (Å²) in [5.74, 6) is -2.93. The molecule has 0 radical (unpaired) electrons. The Labute approximate surface area is 200 Å². The number of carbonyl (C=O) groups excluding carboxylic acids is 1. The largest absolute Gasteiger partial charge is 1.00 e. The first-order valence-corrected chi connectivity index (χ1v) is 11.2. The molecule has 0 heterocycles. The number of carbonyl (C=O) groups is 3. The summed E-state index contributed by atoms with van der Waals surface area (Å²) in [6, 6.07) is -1.35. The summed E-state index contributed by atoms with van der Waals surface area (Å²) in [6.45, 7) is 2.25. The van der Waals surface area contributed by atoms with E-state index < -0.39 is 24.4 Å². The Balaban J connectivity index is -0.00000364. The minimum Gasteiger partial charge on any atom is -1.00 e. The predicted molar refractivity (Wildman–Crippen MR) is 112 cm³/mol. The van der Waals surface area contributed by atoms with Crippen LogP contribution in [0.25, 0.3) is 0 Å². The molecule has 3 N–H and O–H groups in total. The third-order valence-corrected chi connectivity index (χ3v) is 5.02. The Morgan fingerprint density at radius 2 is 1.10 bits per heavy atom. The van der Waals surface area contributed by atoms with Crippen molar-refractivity contribution in [1.82, 2.24) is 5.32 Å². The molecule has 0 aliphatic carbocycles. The molecular formula is C22H42NNaO5. The first-order chi connectivity index (χ1) is 13.5. The zero-order valence-electron chi connectivity index (χ0n) is 19.7. The summed E-state index contributed by atoms with van der Waals surface area (Å²) in [5, 5.41) is 19.8. The Morgan fingerprint density at radius 3 is 1.45 bits per heavy atom. The fourth-order valence-electron chi connectivity index (χ4n) is 3.30. The van der Waals surface area contributed by atoms with Crippen LogP contribution in [0.15, 0.2) is 0 Å². The maximum absolute atomic E-state index is 11.7. The SMILES string of the molecule is CCCCCCCCCCCCCCCCCC(=O)N[C@@H](CC(=O)O)C(=O)O.[H-].[Na+]. The number of aliphatic carboxylic acids is 2. The molecule has 6 nitrogen and oxygen atoms in total. The van der Waals surface area contributed by atoms with Gasteiger partial charge in [-0.15, -0.1) is 0 Å². The number of carboxylic acids is 2. The van der Waals surface area contributed by atoms with Crippen LogP contribution in [0.2, 0.25) is 0 Å². The van der Waals surface area contributed by atoms with Crippen LogP contribution in [0.1, 0.15) is 118 Å². The molecule has 0 aromatic rings. The van der Waals surface area contributed by atoms with Gasteiger partial charge in [-0.05, 0) is 6.42 Å². The van der Waals surface area contributed by atoms with Crippen molar-refractivity contribution in [2.24, 2.45) is 0 Å². The number of nitrogens with one attached hydrogen (secondary N) is 1. The Morgan fingerprint density at radius 1 is 0.724 bits per heavy atom. The van der Waals surface area contributed by atoms with Crippen LogP contribution in [0, 0.1) is 0 Å². The second-order valence-electron chi connectivity index (χ2n) is 7.76. The van der Waals surface area contributed by atoms with Crippen LogP contribution >= 0.6 is 0 Å². The van der Waals surface area contributed by atoms with Crippen molar-refractivity contribution in [1.29, 1.82) is 0 Å². The molecule has 0 aliphatic rings. The van der Waals surface area contributed by atoms with Crippen molar-refractivity contribution in [3.05, 3.63) is 0 Å². The van der Waals surface area contributed by atoms with Crippen LogP contribution in [-0.2, 0) is 14.4 Å². The van der Waals surface area contributed by atoms with Crippen LogP contribution in [0.5, 0.6) is 0 Å². The van der Waals surface area contributed by atoms with E-state index in [1.54, 1.807) is 0 Å². The van der Waals surface area contributed by atoms with Crippen LogP contribution in [-0.4, -0.2) is 34.1 Å². The molecule has 1 atom stereocenters. The smallest absolute Gasteiger partial charge is 1.00 e. The number of amides is 1. The topological polar surface area (TPSA) is 104 Å². The maximum atomic E-state index is 11.7. The monoisotopic (exact) mass is 423 g/mol. The van der Waals surface area contributed by atoms with E-state index in [-0.39, 0.29) is 43.3 Å². The molecule has 0 bridgehead atoms. The van der Waals surface area contributed by atoms with Crippen molar-refractivity contribution in [2.75, 3.05) is 0 Å². The molecule has 0 spiro atoms. The number of hydrogen-bond acceptors (Lipinski definition) is 3. The minimum atomic E-state index is -1.35. The quantitative estimate of drug-likeness (QED) is 0.206. The van der Waals surface area contributed by atoms with Gasteiger partial charge in [0.05, 0.1) is 6.42 Å². The second kappa shape index (κ2) is 22.1. The third-order valence-electron chi connectivity index (χ3n) is 5.02. The fraction of sp³-hybridized carbons (Fsp3) is 0.864. The van der Waals surface area contributed by atoms with E-state index in [0.29, 0.717) is 6.42 Å². The van der Waals surface area contributed by atoms with E-state index in [1.807, 2.05) is 0 Å². The van der Waals surface area contributed by atoms with Gasteiger partial charge in [0.15, 0.2) is 0 Å². The van der Waals surface area contributed by atoms with Crippen LogP contribution < -0.4 is 34.9 Å². The summed E-state index contributed by atoms with van der Waals surface area (Å²) in [7, 11) is 0. The molecule has 0 fully saturated rings. The van der Waals surface area contributed by atoms with E-state index in [4.69, 9.17) is 10.2 Å². The zero-order chi connectivity index (χ0) is 21.0. The van der Waals surface area contributed by atoms with Crippen molar-refractivity contribution < 1.29 is 55.6 Å². The van der Waals surface area contributed by atoms with Gasteiger partial charge in [-0.1, -0.05) is 96.8 Å². The summed E-state index contributed by atoms with van der Waals surface area (Å²) in [4.78, 5) is 33.2. The third kappa shape index (κ3) is 21.9. The molecule has 166 valence electrons. The van der Waals surface area contributed by atoms with E-state index in [9.17, 15) is 14.4 Å². The van der Waals surface area contributed by atoms with Gasteiger partial charge in [-0.25, -0.2) is 4.79 Å². The van der Waals surface area contributed by atoms with Gasteiger partial charge in [-0.2, -0.15) is 0 Å². The first-order valence-electron chi connectivity index (χ1n) is 11.2. The molecule has 0 unspecified atom stereocenters. The van der Waals surface area contributed by atoms with Crippen molar-refractivity contribution >= 4 is 17.8 Å². The fourth-order valence-corrected chi connectivity index (χ4v) is 3.30. The Hall–Kier alpha value is -0.590. The van der Waals surface area contributed by atoms with Gasteiger partial charge >= 0.3 is 41.5 Å². The summed E-state index contributed by atoms with van der Waals surface area (Å²) < 4.78 is 0. The molecule has 0 aliphatic heterocycles. The number of carboxylic acid groups (broad SMARTS) is 2. The number of rotatable bonds is 20. The zero-order valence-corrected chi connectivity index (χ0v) is 20.7. The van der Waals surface area contributed by atoms with Gasteiger partial charge in [0.25, 0.3) is 0 Å². The summed E-state index contributed by atoms with van der Waals surface area (Å²) in [6.07, 6.45) is 18.3. The van der Waals surface area contributed by atoms with E-state index >= 15 is 0 Å². The summed E-state index contributed by atoms with van der Waals surface area (Å²) >= 11 is 0. The maximum Gasteiger partial charge on any atom is 1.00 e. The molecule has 0 aromatic heterocycles. The van der Waals surface area contributed by atoms with Gasteiger partial charge in [-0.3, -0.25) is 9.59 Å². The van der Waals surface area contributed by atoms with E-state index in [0.717, 1.165) is 12.8 Å². The van der Waals surface area contributed by atoms with Gasteiger partial charge < -0.3 is 17.0 Å². The standard InChI is InChI=1S/C22H41NO5.Na.H/c1-2-3-4-5-6-7-8-9-10-11-12-13-14-15-16-17-20(24)23-19(22(27)28)18-21(25)26;;/h19H,2-18H2,1H3,(H,23,24)(H,25,26)(H,27,28);;/q;+1;-1/t19-;;/m0../s1. The summed E-state index contributed by atoms with van der Waals surface area (Å²) in [5.41, 5.74) is 0. The normalized spacial score (nSPS) is 11.5. The number of hydrogen-bond donors (Lipinski definition) is 3. The molecule has 0 rings (SSSR count). The average Bonchev–Trinajstić information content (AvgIpc) is 2.64. The van der Waals surface area contributed by atoms with Crippen LogP contribution in [0.3, 0.4) is 0 Å². The van der Waals surface area contributed by atoms with E-state index in [1.165, 1.54) is 77.0 Å². The van der Waals surface area contributed by atoms with E-state index in [2.05, 4.69) is 12.2 Å². The molecule has 1 amide bonds. The van der Waals surface area contributed by atoms with Gasteiger partial charge in [0.1, 0.15) is 6.04 Å². The molecule has 0 saturated heterocycles. The molecule has 7 heteroatoms. The Bertz CT molecular complexity index is 438. The molecular weight excluding hydrogens is 381 g/mol. The minimum absolute atomic E-state index is 0. The average molecular weight is 424 g/mol. The number of unbranched alkanes of at least 4 members (excludes halogenated alkanes) is 14. The molecule has 0 saturated carbocycles. The predicted octanol–water partition coefficient (Wildman–Crippen LogP) is 2.41. The van der Waals surface area contributed by atoms with Gasteiger partial charge in [0.2, 0.25) is 5.91 Å². The Kier molecular flexibility index (Phi) is 23.3.